The number of carbonyl (C=O) groups excluding carboxylic acids is 1. The van der Waals surface area contributed by atoms with Crippen LogP contribution in [-0.2, 0) is 4.79 Å². The van der Waals surface area contributed by atoms with E-state index in [1.807, 2.05) is 11.8 Å². The lowest BCUT2D eigenvalue weighted by atomic mass is 9.67. The predicted octanol–water partition coefficient (Wildman–Crippen LogP) is 10.7. The van der Waals surface area contributed by atoms with Gasteiger partial charge in [-0.05, 0) is 50.2 Å². The zero-order valence-corrected chi connectivity index (χ0v) is 24.0. The second kappa shape index (κ2) is 19.0. The SMILES string of the molecule is CCCCCCCCCCCCCCCCCCSC(C)C(=O)CC1C(C)=CCCC1(C)C. The van der Waals surface area contributed by atoms with Crippen molar-refractivity contribution in [1.82, 2.24) is 0 Å². The van der Waals surface area contributed by atoms with Crippen molar-refractivity contribution in [2.75, 3.05) is 5.75 Å². The van der Waals surface area contributed by atoms with E-state index in [9.17, 15) is 4.79 Å². The van der Waals surface area contributed by atoms with E-state index in [0.29, 0.717) is 11.7 Å². The van der Waals surface area contributed by atoms with Gasteiger partial charge in [-0.2, -0.15) is 11.8 Å². The molecule has 0 saturated heterocycles. The molecule has 33 heavy (non-hydrogen) atoms. The van der Waals surface area contributed by atoms with Gasteiger partial charge >= 0.3 is 0 Å². The van der Waals surface area contributed by atoms with E-state index >= 15 is 0 Å². The lowest BCUT2D eigenvalue weighted by molar-refractivity contribution is -0.119. The van der Waals surface area contributed by atoms with Crippen LogP contribution in [0.5, 0.6) is 0 Å². The standard InChI is InChI=1S/C31H58OS/c1-6-7-8-9-10-11-12-13-14-15-16-17-18-19-20-21-25-33-28(3)30(32)26-29-27(2)23-22-24-31(29,4)5/h23,28-29H,6-22,24-26H2,1-5H3. The molecule has 0 radical (unpaired) electrons. The zero-order valence-electron chi connectivity index (χ0n) is 23.2. The molecule has 1 rings (SSSR count). The lowest BCUT2D eigenvalue weighted by Crippen LogP contribution is -2.31. The molecule has 0 aromatic heterocycles. The Morgan fingerprint density at radius 3 is 1.79 bits per heavy atom. The summed E-state index contributed by atoms with van der Waals surface area (Å²) in [5, 5.41) is 0.159. The largest absolute Gasteiger partial charge is 0.298 e. The van der Waals surface area contributed by atoms with E-state index in [1.165, 1.54) is 121 Å². The maximum absolute atomic E-state index is 12.8. The first-order valence-corrected chi connectivity index (χ1v) is 15.7. The van der Waals surface area contributed by atoms with Crippen molar-refractivity contribution in [2.24, 2.45) is 11.3 Å². The third-order valence-corrected chi connectivity index (χ3v) is 9.26. The van der Waals surface area contributed by atoms with E-state index in [-0.39, 0.29) is 10.7 Å². The number of carbonyl (C=O) groups is 1. The molecule has 0 aromatic rings. The minimum atomic E-state index is 0.159. The second-order valence-corrected chi connectivity index (χ2v) is 13.0. The average molecular weight is 479 g/mol. The molecular weight excluding hydrogens is 420 g/mol. The summed E-state index contributed by atoms with van der Waals surface area (Å²) in [6.07, 6.45) is 28.1. The van der Waals surface area contributed by atoms with Crippen LogP contribution < -0.4 is 0 Å². The van der Waals surface area contributed by atoms with Crippen molar-refractivity contribution in [1.29, 1.82) is 0 Å². The molecule has 1 nitrogen and oxygen atoms in total. The Kier molecular flexibility index (Phi) is 17.7. The van der Waals surface area contributed by atoms with Gasteiger partial charge in [-0.3, -0.25) is 4.79 Å². The summed E-state index contributed by atoms with van der Waals surface area (Å²) in [4.78, 5) is 12.8. The number of unbranched alkanes of at least 4 members (excludes halogenated alkanes) is 15. The van der Waals surface area contributed by atoms with E-state index in [1.54, 1.807) is 0 Å². The van der Waals surface area contributed by atoms with Crippen molar-refractivity contribution < 1.29 is 4.79 Å². The molecule has 2 heteroatoms. The number of hydrogen-bond donors (Lipinski definition) is 0. The van der Waals surface area contributed by atoms with E-state index in [0.717, 1.165) is 12.2 Å². The second-order valence-electron chi connectivity index (χ2n) is 11.5. The monoisotopic (exact) mass is 478 g/mol. The summed E-state index contributed by atoms with van der Waals surface area (Å²) in [6, 6.07) is 0. The molecule has 0 fully saturated rings. The highest BCUT2D eigenvalue weighted by Crippen LogP contribution is 2.43. The number of rotatable bonds is 21. The molecule has 0 spiro atoms. The fourth-order valence-electron chi connectivity index (χ4n) is 5.41. The van der Waals surface area contributed by atoms with Crippen LogP contribution in [0.3, 0.4) is 0 Å². The first-order chi connectivity index (χ1) is 15.9. The highest BCUT2D eigenvalue weighted by molar-refractivity contribution is 8.00. The number of thioether (sulfide) groups is 1. The van der Waals surface area contributed by atoms with Crippen molar-refractivity contribution in [3.63, 3.8) is 0 Å². The van der Waals surface area contributed by atoms with Gasteiger partial charge < -0.3 is 0 Å². The van der Waals surface area contributed by atoms with Crippen LogP contribution in [0, 0.1) is 11.3 Å². The average Bonchev–Trinajstić information content (AvgIpc) is 2.78. The summed E-state index contributed by atoms with van der Waals surface area (Å²) in [5.41, 5.74) is 1.71. The smallest absolute Gasteiger partial charge is 0.146 e. The Balaban J connectivity index is 1.91. The third-order valence-electron chi connectivity index (χ3n) is 7.97. The van der Waals surface area contributed by atoms with Gasteiger partial charge in [-0.15, -0.1) is 0 Å². The van der Waals surface area contributed by atoms with Crippen molar-refractivity contribution in [2.45, 2.75) is 162 Å². The lowest BCUT2D eigenvalue weighted by Gasteiger charge is -2.38. The van der Waals surface area contributed by atoms with Gasteiger partial charge in [-0.25, -0.2) is 0 Å². The Labute approximate surface area is 212 Å². The highest BCUT2D eigenvalue weighted by Gasteiger charge is 2.34. The van der Waals surface area contributed by atoms with Crippen LogP contribution in [0.4, 0.5) is 0 Å². The number of ketones is 1. The highest BCUT2D eigenvalue weighted by atomic mass is 32.2. The number of Topliss-reactive ketones (excluding diaryl/α,β-unsaturated/α-hetero) is 1. The predicted molar refractivity (Wildman–Crippen MR) is 151 cm³/mol. The normalized spacial score (nSPS) is 18.8. The quantitative estimate of drug-likeness (QED) is 0.120. The van der Waals surface area contributed by atoms with Gasteiger partial charge in [0.15, 0.2) is 0 Å². The molecule has 0 aromatic carbocycles. The topological polar surface area (TPSA) is 17.1 Å². The molecule has 1 aliphatic carbocycles. The molecule has 194 valence electrons. The van der Waals surface area contributed by atoms with Crippen molar-refractivity contribution >= 4 is 17.5 Å². The van der Waals surface area contributed by atoms with Crippen LogP contribution >= 0.6 is 11.8 Å². The molecule has 0 heterocycles. The van der Waals surface area contributed by atoms with Gasteiger partial charge in [0.2, 0.25) is 0 Å². The van der Waals surface area contributed by atoms with Crippen LogP contribution in [-0.4, -0.2) is 16.8 Å². The summed E-state index contributed by atoms with van der Waals surface area (Å²) in [7, 11) is 0. The molecule has 2 atom stereocenters. The molecule has 0 aliphatic heterocycles. The van der Waals surface area contributed by atoms with Gasteiger partial charge in [-0.1, -0.05) is 129 Å². The molecule has 0 saturated carbocycles. The number of hydrogen-bond acceptors (Lipinski definition) is 2. The minimum absolute atomic E-state index is 0.159. The molecule has 0 amide bonds. The van der Waals surface area contributed by atoms with Crippen molar-refractivity contribution in [3.8, 4) is 0 Å². The van der Waals surface area contributed by atoms with Crippen LogP contribution in [0.25, 0.3) is 0 Å². The Hall–Kier alpha value is -0.240. The fourth-order valence-corrected chi connectivity index (χ4v) is 6.42. The Morgan fingerprint density at radius 1 is 0.879 bits per heavy atom. The molecular formula is C31H58OS. The summed E-state index contributed by atoms with van der Waals surface area (Å²) in [6.45, 7) is 11.3. The Bertz CT molecular complexity index is 521. The van der Waals surface area contributed by atoms with E-state index in [2.05, 4.69) is 40.7 Å². The molecule has 0 N–H and O–H groups in total. The van der Waals surface area contributed by atoms with Gasteiger partial charge in [0.25, 0.3) is 0 Å². The van der Waals surface area contributed by atoms with Crippen LogP contribution in [0.2, 0.25) is 0 Å². The summed E-state index contributed by atoms with van der Waals surface area (Å²) < 4.78 is 0. The molecule has 1 aliphatic rings. The fraction of sp³-hybridized carbons (Fsp3) is 0.903. The van der Waals surface area contributed by atoms with E-state index < -0.39 is 0 Å². The third kappa shape index (κ3) is 14.7. The molecule has 0 bridgehead atoms. The maximum Gasteiger partial charge on any atom is 0.146 e. The van der Waals surface area contributed by atoms with Crippen LogP contribution in [0.15, 0.2) is 11.6 Å². The molecule has 2 unspecified atom stereocenters. The van der Waals surface area contributed by atoms with E-state index in [4.69, 9.17) is 0 Å². The minimum Gasteiger partial charge on any atom is -0.298 e. The van der Waals surface area contributed by atoms with Crippen molar-refractivity contribution in [3.05, 3.63) is 11.6 Å². The summed E-state index contributed by atoms with van der Waals surface area (Å²) >= 11 is 1.89. The van der Waals surface area contributed by atoms with Crippen LogP contribution in [0.1, 0.15) is 157 Å². The maximum atomic E-state index is 12.8. The first-order valence-electron chi connectivity index (χ1n) is 14.7. The summed E-state index contributed by atoms with van der Waals surface area (Å²) in [5.74, 6) is 2.05. The Morgan fingerprint density at radius 2 is 1.33 bits per heavy atom. The zero-order chi connectivity index (χ0) is 24.4. The number of allylic oxidation sites excluding steroid dienone is 2. The van der Waals surface area contributed by atoms with Gasteiger partial charge in [0.05, 0.1) is 5.25 Å². The van der Waals surface area contributed by atoms with Gasteiger partial charge in [0, 0.05) is 6.42 Å². The van der Waals surface area contributed by atoms with Gasteiger partial charge in [0.1, 0.15) is 5.78 Å². The first kappa shape index (κ1) is 30.8.